The van der Waals surface area contributed by atoms with Crippen LogP contribution in [0.2, 0.25) is 5.28 Å². The van der Waals surface area contributed by atoms with Crippen molar-refractivity contribution in [1.82, 2.24) is 20.2 Å². The third kappa shape index (κ3) is 2.75. The van der Waals surface area contributed by atoms with Crippen LogP contribution >= 0.6 is 11.6 Å². The summed E-state index contributed by atoms with van der Waals surface area (Å²) in [6.45, 7) is 0.370. The zero-order valence-corrected chi connectivity index (χ0v) is 11.3. The molecule has 0 saturated carbocycles. The molecule has 3 rings (SSSR count). The van der Waals surface area contributed by atoms with Gasteiger partial charge in [0.05, 0.1) is 16.5 Å². The van der Waals surface area contributed by atoms with Gasteiger partial charge < -0.3 is 5.32 Å². The van der Waals surface area contributed by atoms with Gasteiger partial charge in [0.15, 0.2) is 5.65 Å². The summed E-state index contributed by atoms with van der Waals surface area (Å²) in [4.78, 5) is 18.4. The molecule has 0 spiro atoms. The highest BCUT2D eigenvalue weighted by Crippen LogP contribution is 2.21. The van der Waals surface area contributed by atoms with Gasteiger partial charge in [-0.1, -0.05) is 12.1 Å². The highest BCUT2D eigenvalue weighted by atomic mass is 35.5. The molecular formula is C12H9ClN6O2. The molecule has 0 unspecified atom stereocenters. The summed E-state index contributed by atoms with van der Waals surface area (Å²) in [6, 6.07) is 6.37. The fourth-order valence-electron chi connectivity index (χ4n) is 1.91. The molecule has 9 heteroatoms. The molecule has 21 heavy (non-hydrogen) atoms. The summed E-state index contributed by atoms with van der Waals surface area (Å²) in [5.74, 6) is 0.519. The number of halogens is 1. The van der Waals surface area contributed by atoms with Crippen molar-refractivity contribution < 1.29 is 4.92 Å². The van der Waals surface area contributed by atoms with Crippen LogP contribution in [0.3, 0.4) is 0 Å². The van der Waals surface area contributed by atoms with Crippen molar-refractivity contribution in [2.75, 3.05) is 5.32 Å². The van der Waals surface area contributed by atoms with Gasteiger partial charge in [0.1, 0.15) is 5.82 Å². The van der Waals surface area contributed by atoms with Crippen LogP contribution in [0.5, 0.6) is 0 Å². The normalized spacial score (nSPS) is 10.7. The molecular weight excluding hydrogens is 296 g/mol. The number of hydrogen-bond donors (Lipinski definition) is 2. The van der Waals surface area contributed by atoms with Crippen LogP contribution in [0.15, 0.2) is 30.5 Å². The van der Waals surface area contributed by atoms with Gasteiger partial charge in [0.2, 0.25) is 5.28 Å². The molecule has 0 aliphatic carbocycles. The Morgan fingerprint density at radius 3 is 3.05 bits per heavy atom. The van der Waals surface area contributed by atoms with Gasteiger partial charge in [-0.2, -0.15) is 15.1 Å². The first kappa shape index (κ1) is 13.3. The Hall–Kier alpha value is -2.74. The average molecular weight is 305 g/mol. The minimum absolute atomic E-state index is 0.0449. The molecule has 0 bridgehead atoms. The largest absolute Gasteiger partial charge is 0.365 e. The van der Waals surface area contributed by atoms with E-state index in [0.29, 0.717) is 23.4 Å². The molecule has 0 atom stereocenters. The highest BCUT2D eigenvalue weighted by molar-refractivity contribution is 6.28. The molecule has 106 valence electrons. The number of non-ortho nitro benzene ring substituents is 1. The Morgan fingerprint density at radius 1 is 1.38 bits per heavy atom. The number of nitrogens with zero attached hydrogens (tertiary/aromatic N) is 4. The van der Waals surface area contributed by atoms with E-state index in [1.54, 1.807) is 18.3 Å². The van der Waals surface area contributed by atoms with Gasteiger partial charge >= 0.3 is 0 Å². The van der Waals surface area contributed by atoms with Crippen LogP contribution in [-0.4, -0.2) is 25.1 Å². The summed E-state index contributed by atoms with van der Waals surface area (Å²) >= 11 is 5.83. The topological polar surface area (TPSA) is 110 Å². The lowest BCUT2D eigenvalue weighted by Gasteiger charge is -2.06. The molecule has 0 fully saturated rings. The number of rotatable bonds is 4. The summed E-state index contributed by atoms with van der Waals surface area (Å²) in [6.07, 6.45) is 1.58. The van der Waals surface area contributed by atoms with Crippen molar-refractivity contribution in [1.29, 1.82) is 0 Å². The second-order valence-corrected chi connectivity index (χ2v) is 4.59. The number of fused-ring (bicyclic) bond motifs is 1. The van der Waals surface area contributed by atoms with Crippen LogP contribution in [0.1, 0.15) is 5.56 Å². The van der Waals surface area contributed by atoms with Crippen LogP contribution in [0.4, 0.5) is 11.5 Å². The molecule has 8 nitrogen and oxygen atoms in total. The van der Waals surface area contributed by atoms with Gasteiger partial charge in [-0.05, 0) is 17.2 Å². The standard InChI is InChI=1S/C12H9ClN6O2/c13-12-16-10(9-6-15-18-11(9)17-12)14-5-7-2-1-3-8(4-7)19(20)21/h1-4,6H,5H2,(H2,14,15,16,17,18). The van der Waals surface area contributed by atoms with Gasteiger partial charge in [-0.15, -0.1) is 0 Å². The van der Waals surface area contributed by atoms with Crippen molar-refractivity contribution in [3.8, 4) is 0 Å². The smallest absolute Gasteiger partial charge is 0.269 e. The number of benzene rings is 1. The van der Waals surface area contributed by atoms with Crippen molar-refractivity contribution >= 4 is 34.1 Å². The van der Waals surface area contributed by atoms with Gasteiger partial charge in [0.25, 0.3) is 5.69 Å². The fraction of sp³-hybridized carbons (Fsp3) is 0.0833. The Balaban J connectivity index is 1.85. The Labute approximate surface area is 123 Å². The van der Waals surface area contributed by atoms with Crippen LogP contribution in [0, 0.1) is 10.1 Å². The lowest BCUT2D eigenvalue weighted by Crippen LogP contribution is -2.03. The molecule has 3 aromatic rings. The van der Waals surface area contributed by atoms with E-state index < -0.39 is 4.92 Å². The van der Waals surface area contributed by atoms with E-state index in [-0.39, 0.29) is 11.0 Å². The Kier molecular flexibility index (Phi) is 3.36. The predicted octanol–water partition coefficient (Wildman–Crippen LogP) is 2.53. The number of nitrogens with one attached hydrogen (secondary N) is 2. The minimum Gasteiger partial charge on any atom is -0.365 e. The fourth-order valence-corrected chi connectivity index (χ4v) is 2.08. The van der Waals surface area contributed by atoms with Gasteiger partial charge in [-0.25, -0.2) is 0 Å². The Bertz CT molecular complexity index is 818. The molecule has 0 saturated heterocycles. The minimum atomic E-state index is -0.431. The maximum absolute atomic E-state index is 10.7. The first-order chi connectivity index (χ1) is 10.1. The SMILES string of the molecule is O=[N+]([O-])c1cccc(CNc2nc(Cl)nc3[nH]ncc23)c1. The van der Waals surface area contributed by atoms with Crippen molar-refractivity contribution in [2.45, 2.75) is 6.54 Å². The molecule has 2 N–H and O–H groups in total. The molecule has 1 aromatic carbocycles. The van der Waals surface area contributed by atoms with E-state index in [4.69, 9.17) is 11.6 Å². The zero-order chi connectivity index (χ0) is 14.8. The van der Waals surface area contributed by atoms with E-state index in [9.17, 15) is 10.1 Å². The lowest BCUT2D eigenvalue weighted by atomic mass is 10.2. The zero-order valence-electron chi connectivity index (χ0n) is 10.6. The van der Waals surface area contributed by atoms with Crippen molar-refractivity contribution in [2.24, 2.45) is 0 Å². The highest BCUT2D eigenvalue weighted by Gasteiger charge is 2.09. The first-order valence-electron chi connectivity index (χ1n) is 5.97. The second kappa shape index (κ2) is 5.33. The van der Waals surface area contributed by atoms with Gasteiger partial charge in [-0.3, -0.25) is 15.2 Å². The first-order valence-corrected chi connectivity index (χ1v) is 6.35. The van der Waals surface area contributed by atoms with Gasteiger partial charge in [0, 0.05) is 18.7 Å². The summed E-state index contributed by atoms with van der Waals surface area (Å²) in [5.41, 5.74) is 1.33. The third-order valence-corrected chi connectivity index (χ3v) is 3.03. The average Bonchev–Trinajstić information content (AvgIpc) is 2.93. The molecule has 0 radical (unpaired) electrons. The number of H-pyrrole nitrogens is 1. The van der Waals surface area contributed by atoms with E-state index >= 15 is 0 Å². The quantitative estimate of drug-likeness (QED) is 0.435. The lowest BCUT2D eigenvalue weighted by molar-refractivity contribution is -0.384. The van der Waals surface area contributed by atoms with Crippen LogP contribution < -0.4 is 5.32 Å². The van der Waals surface area contributed by atoms with E-state index in [1.165, 1.54) is 12.1 Å². The number of hydrogen-bond acceptors (Lipinski definition) is 6. The predicted molar refractivity (Wildman–Crippen MR) is 77.1 cm³/mol. The number of anilines is 1. The van der Waals surface area contributed by atoms with E-state index in [0.717, 1.165) is 5.56 Å². The summed E-state index contributed by atoms with van der Waals surface area (Å²) < 4.78 is 0. The number of nitro groups is 1. The van der Waals surface area contributed by atoms with Crippen LogP contribution in [0.25, 0.3) is 11.0 Å². The molecule has 0 aliphatic heterocycles. The maximum atomic E-state index is 10.7. The second-order valence-electron chi connectivity index (χ2n) is 4.25. The Morgan fingerprint density at radius 2 is 2.24 bits per heavy atom. The molecule has 2 heterocycles. The van der Waals surface area contributed by atoms with Crippen LogP contribution in [-0.2, 0) is 6.54 Å². The summed E-state index contributed by atoms with van der Waals surface area (Å²) in [5, 5.41) is 21.2. The third-order valence-electron chi connectivity index (χ3n) is 2.86. The van der Waals surface area contributed by atoms with E-state index in [1.807, 2.05) is 0 Å². The number of aromatic nitrogens is 4. The number of aromatic amines is 1. The molecule has 0 amide bonds. The molecule has 0 aliphatic rings. The molecule has 2 aromatic heterocycles. The monoisotopic (exact) mass is 304 g/mol. The van der Waals surface area contributed by atoms with Crippen molar-refractivity contribution in [3.63, 3.8) is 0 Å². The van der Waals surface area contributed by atoms with Crippen molar-refractivity contribution in [3.05, 3.63) is 51.4 Å². The maximum Gasteiger partial charge on any atom is 0.269 e. The summed E-state index contributed by atoms with van der Waals surface area (Å²) in [7, 11) is 0. The van der Waals surface area contributed by atoms with E-state index in [2.05, 4.69) is 25.5 Å². The number of nitro benzene ring substituents is 1.